The van der Waals surface area contributed by atoms with E-state index in [4.69, 9.17) is 9.97 Å². The van der Waals surface area contributed by atoms with Gasteiger partial charge in [-0.1, -0.05) is 59.7 Å². The monoisotopic (exact) mass is 704 g/mol. The highest BCUT2D eigenvalue weighted by atomic mass is 32.2. The lowest BCUT2D eigenvalue weighted by atomic mass is 10.2. The van der Waals surface area contributed by atoms with Crippen LogP contribution < -0.4 is 4.72 Å². The summed E-state index contributed by atoms with van der Waals surface area (Å²) in [5.74, 6) is 0. The largest absolute Gasteiger partial charge is 0.251 e. The first-order chi connectivity index (χ1) is 24.0. The van der Waals surface area contributed by atoms with Crippen LogP contribution in [0.15, 0.2) is 131 Å². The van der Waals surface area contributed by atoms with Gasteiger partial charge in [0.05, 0.1) is 69.3 Å². The fraction of sp³-hybridized carbons (Fsp3) is 0.158. The molecule has 10 nitrogen and oxygen atoms in total. The number of benzene rings is 2. The van der Waals surface area contributed by atoms with Gasteiger partial charge in [0.25, 0.3) is 0 Å². The zero-order chi connectivity index (χ0) is 35.3. The Bertz CT molecular complexity index is 2350. The Kier molecular flexibility index (Phi) is 10.3. The molecule has 0 aliphatic heterocycles. The zero-order valence-corrected chi connectivity index (χ0v) is 29.5. The lowest BCUT2D eigenvalue weighted by molar-refractivity contribution is 0.393. The Hall–Kier alpha value is -5.14. The van der Waals surface area contributed by atoms with Crippen molar-refractivity contribution in [1.29, 1.82) is 0 Å². The predicted molar refractivity (Wildman–Crippen MR) is 192 cm³/mol. The molecule has 0 aliphatic rings. The minimum atomic E-state index is -3.97. The number of hydrogen-bond acceptors (Lipinski definition) is 8. The molecule has 0 unspecified atom stereocenters. The standard InChI is InChI=1S/C38H36N6O4S2/c1-27-16-20-33(21-17-27)49(45,46)39-24-30-9-5-13-37(41-30)38-15-7-11-32(43-38)26-44(50(47,48)34-22-18-28(2)19-23-34)25-31-10-6-14-36(42-31)35-12-4-8-29(3)40-35/h4-23,39H,24-26H2,1-3H3. The van der Waals surface area contributed by atoms with Crippen LogP contribution in [-0.4, -0.2) is 41.1 Å². The molecular weight excluding hydrogens is 669 g/mol. The van der Waals surface area contributed by atoms with E-state index in [0.29, 0.717) is 39.9 Å². The Morgan fingerprint density at radius 1 is 0.500 bits per heavy atom. The summed E-state index contributed by atoms with van der Waals surface area (Å²) in [4.78, 5) is 19.1. The van der Waals surface area contributed by atoms with E-state index >= 15 is 0 Å². The van der Waals surface area contributed by atoms with E-state index in [1.54, 1.807) is 91.0 Å². The van der Waals surface area contributed by atoms with Gasteiger partial charge < -0.3 is 0 Å². The molecule has 2 aromatic carbocycles. The van der Waals surface area contributed by atoms with Gasteiger partial charge in [0.1, 0.15) is 0 Å². The number of rotatable bonds is 12. The molecule has 0 saturated carbocycles. The quantitative estimate of drug-likeness (QED) is 0.155. The van der Waals surface area contributed by atoms with Gasteiger partial charge in [0, 0.05) is 5.69 Å². The lowest BCUT2D eigenvalue weighted by Crippen LogP contribution is -2.31. The number of nitrogens with one attached hydrogen (secondary N) is 1. The first kappa shape index (κ1) is 34.7. The molecule has 0 spiro atoms. The summed E-state index contributed by atoms with van der Waals surface area (Å²) in [5, 5.41) is 0. The number of aryl methyl sites for hydroxylation is 3. The third-order valence-electron chi connectivity index (χ3n) is 7.94. The van der Waals surface area contributed by atoms with Crippen molar-refractivity contribution < 1.29 is 16.8 Å². The lowest BCUT2D eigenvalue weighted by Gasteiger charge is -2.22. The predicted octanol–water partition coefficient (Wildman–Crippen LogP) is 6.40. The second-order valence-corrected chi connectivity index (χ2v) is 15.6. The summed E-state index contributed by atoms with van der Waals surface area (Å²) in [5.41, 5.74) is 6.71. The highest BCUT2D eigenvalue weighted by Crippen LogP contribution is 2.24. The number of sulfonamides is 2. The number of hydrogen-bond donors (Lipinski definition) is 1. The van der Waals surface area contributed by atoms with Gasteiger partial charge in [-0.15, -0.1) is 0 Å². The zero-order valence-electron chi connectivity index (χ0n) is 27.9. The molecule has 1 N–H and O–H groups in total. The smallest absolute Gasteiger partial charge is 0.243 e. The summed E-state index contributed by atoms with van der Waals surface area (Å²) in [6.45, 7) is 5.65. The van der Waals surface area contributed by atoms with Crippen LogP contribution in [0.4, 0.5) is 0 Å². The Morgan fingerprint density at radius 2 is 0.920 bits per heavy atom. The fourth-order valence-corrected chi connectivity index (χ4v) is 7.62. The van der Waals surface area contributed by atoms with Crippen molar-refractivity contribution in [2.24, 2.45) is 0 Å². The van der Waals surface area contributed by atoms with E-state index in [9.17, 15) is 16.8 Å². The first-order valence-electron chi connectivity index (χ1n) is 15.9. The van der Waals surface area contributed by atoms with Crippen molar-refractivity contribution in [3.05, 3.63) is 155 Å². The summed E-state index contributed by atoms with van der Waals surface area (Å²) >= 11 is 0. The van der Waals surface area contributed by atoms with Crippen molar-refractivity contribution in [2.45, 2.75) is 50.2 Å². The fourth-order valence-electron chi connectivity index (χ4n) is 5.24. The van der Waals surface area contributed by atoms with E-state index in [0.717, 1.165) is 16.8 Å². The molecule has 6 rings (SSSR count). The van der Waals surface area contributed by atoms with Gasteiger partial charge in [-0.3, -0.25) is 4.98 Å². The number of aromatic nitrogens is 4. The second kappa shape index (κ2) is 14.8. The molecular formula is C38H36N6O4S2. The third-order valence-corrected chi connectivity index (χ3v) is 11.2. The average molecular weight is 705 g/mol. The molecule has 0 fully saturated rings. The first-order valence-corrected chi connectivity index (χ1v) is 18.8. The summed E-state index contributed by atoms with van der Waals surface area (Å²) in [6.07, 6.45) is 0. The van der Waals surface area contributed by atoms with E-state index in [2.05, 4.69) is 14.7 Å². The minimum Gasteiger partial charge on any atom is -0.251 e. The van der Waals surface area contributed by atoms with Gasteiger partial charge in [-0.25, -0.2) is 36.5 Å². The highest BCUT2D eigenvalue weighted by molar-refractivity contribution is 7.89. The molecule has 0 bridgehead atoms. The van der Waals surface area contributed by atoms with Crippen molar-refractivity contribution in [2.75, 3.05) is 0 Å². The molecule has 0 saturated heterocycles. The van der Waals surface area contributed by atoms with Crippen LogP contribution in [-0.2, 0) is 39.7 Å². The molecule has 6 aromatic rings. The van der Waals surface area contributed by atoms with Crippen LogP contribution in [0.1, 0.15) is 33.9 Å². The Morgan fingerprint density at radius 3 is 1.42 bits per heavy atom. The Labute approximate surface area is 293 Å². The van der Waals surface area contributed by atoms with Gasteiger partial charge in [-0.2, -0.15) is 4.31 Å². The molecule has 0 amide bonds. The van der Waals surface area contributed by atoms with Crippen molar-refractivity contribution in [3.63, 3.8) is 0 Å². The average Bonchev–Trinajstić information content (AvgIpc) is 3.11. The summed E-state index contributed by atoms with van der Waals surface area (Å²) < 4.78 is 57.9. The van der Waals surface area contributed by atoms with Crippen LogP contribution >= 0.6 is 0 Å². The molecule has 0 atom stereocenters. The number of nitrogens with zero attached hydrogens (tertiary/aromatic N) is 5. The maximum Gasteiger partial charge on any atom is 0.243 e. The van der Waals surface area contributed by atoms with Gasteiger partial charge in [-0.05, 0) is 93.6 Å². The maximum absolute atomic E-state index is 14.1. The topological polar surface area (TPSA) is 135 Å². The molecule has 50 heavy (non-hydrogen) atoms. The molecule has 0 aliphatic carbocycles. The van der Waals surface area contributed by atoms with Crippen LogP contribution in [0.5, 0.6) is 0 Å². The highest BCUT2D eigenvalue weighted by Gasteiger charge is 2.26. The van der Waals surface area contributed by atoms with Crippen molar-refractivity contribution >= 4 is 20.0 Å². The number of pyridine rings is 4. The second-order valence-electron chi connectivity index (χ2n) is 11.9. The van der Waals surface area contributed by atoms with E-state index in [1.165, 1.54) is 4.31 Å². The van der Waals surface area contributed by atoms with Crippen molar-refractivity contribution in [3.8, 4) is 22.8 Å². The van der Waals surface area contributed by atoms with Crippen molar-refractivity contribution in [1.82, 2.24) is 29.0 Å². The summed E-state index contributed by atoms with van der Waals surface area (Å²) in [6, 6.07) is 35.2. The minimum absolute atomic E-state index is 0.00334. The van der Waals surface area contributed by atoms with E-state index in [1.807, 2.05) is 51.1 Å². The Balaban J connectivity index is 1.27. The molecule has 4 aromatic heterocycles. The normalized spacial score (nSPS) is 11.9. The van der Waals surface area contributed by atoms with Crippen LogP contribution in [0.25, 0.3) is 22.8 Å². The van der Waals surface area contributed by atoms with Gasteiger partial charge in [0.15, 0.2) is 0 Å². The van der Waals surface area contributed by atoms with Crippen LogP contribution in [0.2, 0.25) is 0 Å². The molecule has 0 radical (unpaired) electrons. The van der Waals surface area contributed by atoms with Crippen LogP contribution in [0.3, 0.4) is 0 Å². The third kappa shape index (κ3) is 8.35. The van der Waals surface area contributed by atoms with Gasteiger partial charge in [0.2, 0.25) is 20.0 Å². The van der Waals surface area contributed by atoms with Gasteiger partial charge >= 0.3 is 0 Å². The molecule has 12 heteroatoms. The van der Waals surface area contributed by atoms with E-state index < -0.39 is 20.0 Å². The maximum atomic E-state index is 14.1. The summed E-state index contributed by atoms with van der Waals surface area (Å²) in [7, 11) is -7.71. The van der Waals surface area contributed by atoms with E-state index in [-0.39, 0.29) is 29.4 Å². The SMILES string of the molecule is Cc1ccc(S(=O)(=O)NCc2cccc(-c3cccc(CN(Cc4cccc(-c5cccc(C)n5)n4)S(=O)(=O)c4ccc(C)cc4)n3)n2)cc1. The molecule has 4 heterocycles. The van der Waals surface area contributed by atoms with Crippen LogP contribution in [0, 0.1) is 20.8 Å². The molecule has 254 valence electrons.